The summed E-state index contributed by atoms with van der Waals surface area (Å²) >= 11 is 0. The van der Waals surface area contributed by atoms with E-state index in [0.29, 0.717) is 46.5 Å². The number of ether oxygens (including phenoxy) is 4. The zero-order valence-electron chi connectivity index (χ0n) is 16.5. The Bertz CT molecular complexity index is 991. The molecule has 2 N–H and O–H groups in total. The van der Waals surface area contributed by atoms with Gasteiger partial charge in [-0.15, -0.1) is 0 Å². The molecule has 0 aliphatic carbocycles. The number of anilines is 2. The summed E-state index contributed by atoms with van der Waals surface area (Å²) in [5.74, 6) is 1.88. The van der Waals surface area contributed by atoms with Gasteiger partial charge in [-0.1, -0.05) is 0 Å². The minimum Gasteiger partial charge on any atom is -0.496 e. The lowest BCUT2D eigenvalue weighted by Gasteiger charge is -2.23. The molecule has 2 aromatic heterocycles. The maximum atomic E-state index is 10.1. The van der Waals surface area contributed by atoms with Crippen LogP contribution in [0.4, 0.5) is 11.5 Å². The van der Waals surface area contributed by atoms with Gasteiger partial charge in [-0.25, -0.2) is 4.98 Å². The van der Waals surface area contributed by atoms with Crippen LogP contribution in [0.5, 0.6) is 23.3 Å². The number of rotatable bonds is 6. The fourth-order valence-electron chi connectivity index (χ4n) is 3.39. The van der Waals surface area contributed by atoms with Crippen LogP contribution in [-0.2, 0) is 4.74 Å². The molecule has 1 aliphatic rings. The Hall–Kier alpha value is -3.27. The quantitative estimate of drug-likeness (QED) is 0.643. The third kappa shape index (κ3) is 3.58. The van der Waals surface area contributed by atoms with Crippen molar-refractivity contribution < 1.29 is 24.1 Å². The van der Waals surface area contributed by atoms with E-state index < -0.39 is 0 Å². The van der Waals surface area contributed by atoms with Gasteiger partial charge >= 0.3 is 6.01 Å². The molecule has 0 spiro atoms. The Morgan fingerprint density at radius 2 is 1.86 bits per heavy atom. The number of nitrogens with one attached hydrogen (secondary N) is 1. The van der Waals surface area contributed by atoms with E-state index >= 15 is 0 Å². The van der Waals surface area contributed by atoms with E-state index in [0.717, 1.165) is 19.3 Å². The highest BCUT2D eigenvalue weighted by molar-refractivity contribution is 5.88. The molecule has 10 nitrogen and oxygen atoms in total. The van der Waals surface area contributed by atoms with Gasteiger partial charge in [-0.3, -0.25) is 4.57 Å². The van der Waals surface area contributed by atoms with Crippen molar-refractivity contribution in [2.45, 2.75) is 25.5 Å². The highest BCUT2D eigenvalue weighted by Crippen LogP contribution is 2.41. The van der Waals surface area contributed by atoms with Gasteiger partial charge < -0.3 is 29.4 Å². The molecule has 0 saturated carbocycles. The van der Waals surface area contributed by atoms with Crippen molar-refractivity contribution >= 4 is 22.7 Å². The maximum Gasteiger partial charge on any atom is 0.318 e. The normalized spacial score (nSPS) is 16.6. The summed E-state index contributed by atoms with van der Waals surface area (Å²) in [5, 5.41) is 13.3. The Balaban J connectivity index is 1.78. The third-order valence-corrected chi connectivity index (χ3v) is 4.83. The molecule has 0 bridgehead atoms. The van der Waals surface area contributed by atoms with Gasteiger partial charge in [-0.2, -0.15) is 9.97 Å². The molecule has 10 heteroatoms. The molecule has 1 aliphatic heterocycles. The van der Waals surface area contributed by atoms with Crippen LogP contribution in [0.1, 0.15) is 25.5 Å². The number of aromatic nitrogens is 4. The van der Waals surface area contributed by atoms with Gasteiger partial charge in [0.05, 0.1) is 27.7 Å². The third-order valence-electron chi connectivity index (χ3n) is 4.83. The summed E-state index contributed by atoms with van der Waals surface area (Å²) in [6, 6.07) is 3.07. The van der Waals surface area contributed by atoms with Crippen LogP contribution in [-0.4, -0.2) is 52.6 Å². The van der Waals surface area contributed by atoms with E-state index in [1.165, 1.54) is 0 Å². The van der Waals surface area contributed by atoms with Gasteiger partial charge in [0.25, 0.3) is 0 Å². The molecule has 3 heterocycles. The van der Waals surface area contributed by atoms with Crippen molar-refractivity contribution in [1.82, 2.24) is 19.5 Å². The second kappa shape index (κ2) is 8.00. The van der Waals surface area contributed by atoms with Crippen LogP contribution in [0.15, 0.2) is 18.5 Å². The average Bonchev–Trinajstić information content (AvgIpc) is 3.18. The first-order valence-corrected chi connectivity index (χ1v) is 9.26. The first-order chi connectivity index (χ1) is 14.1. The highest BCUT2D eigenvalue weighted by atomic mass is 16.5. The van der Waals surface area contributed by atoms with Crippen LogP contribution >= 0.6 is 0 Å². The molecule has 1 saturated heterocycles. The highest BCUT2D eigenvalue weighted by Gasteiger charge is 2.23. The fraction of sp³-hybridized carbons (Fsp3) is 0.421. The largest absolute Gasteiger partial charge is 0.496 e. The Morgan fingerprint density at radius 1 is 1.10 bits per heavy atom. The molecule has 1 unspecified atom stereocenters. The standard InChI is InChI=1S/C19H23N5O5/c1-26-11-8-12(27-2)15(13(9-11)28-3)21-17-16-18(23-19(25)22-17)24(10-20-16)14-6-4-5-7-29-14/h8-10,14H,4-7H2,1-3H3,(H2,21,22,23,25). The molecule has 1 aromatic carbocycles. The lowest BCUT2D eigenvalue weighted by atomic mass is 10.2. The summed E-state index contributed by atoms with van der Waals surface area (Å²) in [4.78, 5) is 12.7. The average molecular weight is 401 g/mol. The van der Waals surface area contributed by atoms with Gasteiger partial charge in [0.2, 0.25) is 0 Å². The summed E-state index contributed by atoms with van der Waals surface area (Å²) in [5.41, 5.74) is 1.51. The van der Waals surface area contributed by atoms with Crippen molar-refractivity contribution in [2.75, 3.05) is 33.3 Å². The summed E-state index contributed by atoms with van der Waals surface area (Å²) < 4.78 is 23.9. The van der Waals surface area contributed by atoms with Crippen LogP contribution in [0.3, 0.4) is 0 Å². The van der Waals surface area contributed by atoms with Crippen molar-refractivity contribution in [3.05, 3.63) is 18.5 Å². The molecular formula is C19H23N5O5. The Labute approximate surface area is 167 Å². The molecule has 29 heavy (non-hydrogen) atoms. The van der Waals surface area contributed by atoms with Crippen LogP contribution < -0.4 is 19.5 Å². The smallest absolute Gasteiger partial charge is 0.318 e. The maximum absolute atomic E-state index is 10.1. The number of aromatic hydroxyl groups is 1. The summed E-state index contributed by atoms with van der Waals surface area (Å²) in [7, 11) is 4.65. The first-order valence-electron chi connectivity index (χ1n) is 9.26. The van der Waals surface area contributed by atoms with Gasteiger partial charge in [0.1, 0.15) is 29.2 Å². The number of methoxy groups -OCH3 is 3. The van der Waals surface area contributed by atoms with Crippen molar-refractivity contribution in [1.29, 1.82) is 0 Å². The van der Waals surface area contributed by atoms with E-state index in [1.54, 1.807) is 39.8 Å². The van der Waals surface area contributed by atoms with E-state index in [2.05, 4.69) is 20.3 Å². The monoisotopic (exact) mass is 401 g/mol. The number of benzene rings is 1. The molecule has 3 aromatic rings. The summed E-state index contributed by atoms with van der Waals surface area (Å²) in [6.45, 7) is 0.687. The molecule has 4 rings (SSSR count). The van der Waals surface area contributed by atoms with E-state index in [4.69, 9.17) is 18.9 Å². The minimum absolute atomic E-state index is 0.166. The molecule has 154 valence electrons. The Morgan fingerprint density at radius 3 is 2.48 bits per heavy atom. The number of nitrogens with zero attached hydrogens (tertiary/aromatic N) is 4. The van der Waals surface area contributed by atoms with Gasteiger partial charge in [0, 0.05) is 18.7 Å². The molecule has 0 amide bonds. The van der Waals surface area contributed by atoms with E-state index in [9.17, 15) is 5.11 Å². The van der Waals surface area contributed by atoms with Gasteiger partial charge in [0.15, 0.2) is 17.0 Å². The van der Waals surface area contributed by atoms with Crippen LogP contribution in [0, 0.1) is 0 Å². The topological polar surface area (TPSA) is 113 Å². The summed E-state index contributed by atoms with van der Waals surface area (Å²) in [6.07, 6.45) is 4.45. The second-order valence-electron chi connectivity index (χ2n) is 6.55. The van der Waals surface area contributed by atoms with Crippen molar-refractivity contribution in [2.24, 2.45) is 0 Å². The molecular weight excluding hydrogens is 378 g/mol. The fourth-order valence-corrected chi connectivity index (χ4v) is 3.39. The lowest BCUT2D eigenvalue weighted by Crippen LogP contribution is -2.17. The predicted octanol–water partition coefficient (Wildman–Crippen LogP) is 3.00. The Kier molecular flexibility index (Phi) is 5.26. The predicted molar refractivity (Wildman–Crippen MR) is 105 cm³/mol. The lowest BCUT2D eigenvalue weighted by molar-refractivity contribution is -0.0298. The van der Waals surface area contributed by atoms with Crippen molar-refractivity contribution in [3.63, 3.8) is 0 Å². The zero-order valence-corrected chi connectivity index (χ0v) is 16.5. The van der Waals surface area contributed by atoms with Crippen LogP contribution in [0.25, 0.3) is 11.2 Å². The van der Waals surface area contributed by atoms with Gasteiger partial charge in [-0.05, 0) is 19.3 Å². The second-order valence-corrected chi connectivity index (χ2v) is 6.55. The zero-order chi connectivity index (χ0) is 20.4. The van der Waals surface area contributed by atoms with E-state index in [-0.39, 0.29) is 12.2 Å². The molecule has 1 fully saturated rings. The number of fused-ring (bicyclic) bond motifs is 1. The SMILES string of the molecule is COc1cc(OC)c(Nc2nc(O)nc3c2ncn3C2CCCCO2)c(OC)c1. The number of hydrogen-bond acceptors (Lipinski definition) is 9. The molecule has 0 radical (unpaired) electrons. The molecule has 1 atom stereocenters. The number of hydrogen-bond donors (Lipinski definition) is 2. The van der Waals surface area contributed by atoms with Crippen LogP contribution in [0.2, 0.25) is 0 Å². The van der Waals surface area contributed by atoms with E-state index in [1.807, 2.05) is 4.57 Å². The minimum atomic E-state index is -0.371. The van der Waals surface area contributed by atoms with Crippen molar-refractivity contribution in [3.8, 4) is 23.3 Å². The number of imidazole rings is 1. The first kappa shape index (κ1) is 19.1.